The third-order valence-electron chi connectivity index (χ3n) is 3.69. The number of hydrogen-bond acceptors (Lipinski definition) is 3. The first-order valence-corrected chi connectivity index (χ1v) is 7.55. The molecule has 1 unspecified atom stereocenters. The summed E-state index contributed by atoms with van der Waals surface area (Å²) < 4.78 is 0. The van der Waals surface area contributed by atoms with E-state index in [-0.39, 0.29) is 23.7 Å². The van der Waals surface area contributed by atoms with Crippen LogP contribution in [0.1, 0.15) is 29.8 Å². The number of benzene rings is 1. The molecule has 1 atom stereocenters. The minimum absolute atomic E-state index is 0.0401. The molecule has 2 aliphatic heterocycles. The van der Waals surface area contributed by atoms with Crippen LogP contribution in [0.15, 0.2) is 29.2 Å². The lowest BCUT2D eigenvalue weighted by Crippen LogP contribution is -2.39. The molecule has 0 aliphatic carbocycles. The van der Waals surface area contributed by atoms with Gasteiger partial charge in [0.15, 0.2) is 5.78 Å². The summed E-state index contributed by atoms with van der Waals surface area (Å²) in [6, 6.07) is 7.19. The van der Waals surface area contributed by atoms with Crippen molar-refractivity contribution >= 4 is 29.1 Å². The van der Waals surface area contributed by atoms with Crippen LogP contribution >= 0.6 is 11.8 Å². The first-order valence-electron chi connectivity index (χ1n) is 6.33. The number of ketones is 1. The average Bonchev–Trinajstić information content (AvgIpc) is 2.83. The summed E-state index contributed by atoms with van der Waals surface area (Å²) in [5, 5.41) is 0. The van der Waals surface area contributed by atoms with Crippen molar-refractivity contribution in [2.24, 2.45) is 5.92 Å². The molecule has 1 aromatic rings. The van der Waals surface area contributed by atoms with Crippen LogP contribution in [-0.2, 0) is 4.79 Å². The Balaban J connectivity index is 2.25. The van der Waals surface area contributed by atoms with Crippen LogP contribution in [0.3, 0.4) is 0 Å². The molecule has 0 radical (unpaired) electrons. The van der Waals surface area contributed by atoms with Gasteiger partial charge in [0.25, 0.3) is 5.91 Å². The van der Waals surface area contributed by atoms with Crippen molar-refractivity contribution in [3.63, 3.8) is 0 Å². The van der Waals surface area contributed by atoms with Gasteiger partial charge < -0.3 is 0 Å². The van der Waals surface area contributed by atoms with Crippen molar-refractivity contribution in [3.05, 3.63) is 40.3 Å². The molecule has 1 amide bonds. The lowest BCUT2D eigenvalue weighted by atomic mass is 10.00. The van der Waals surface area contributed by atoms with E-state index in [0.29, 0.717) is 5.56 Å². The highest BCUT2D eigenvalue weighted by Gasteiger charge is 2.49. The molecular formula is C15H15NO2S. The van der Waals surface area contributed by atoms with Crippen LogP contribution in [0.25, 0.3) is 5.70 Å². The van der Waals surface area contributed by atoms with Crippen molar-refractivity contribution in [1.82, 2.24) is 4.90 Å². The maximum absolute atomic E-state index is 12.5. The van der Waals surface area contributed by atoms with Gasteiger partial charge in [-0.15, -0.1) is 11.8 Å². The minimum Gasteiger partial charge on any atom is -0.295 e. The molecule has 3 nitrogen and oxygen atoms in total. The Kier molecular flexibility index (Phi) is 2.78. The summed E-state index contributed by atoms with van der Waals surface area (Å²) in [6.45, 7) is 3.97. The Hall–Kier alpha value is -1.55. The predicted molar refractivity (Wildman–Crippen MR) is 76.7 cm³/mol. The van der Waals surface area contributed by atoms with E-state index in [4.69, 9.17) is 0 Å². The number of fused-ring (bicyclic) bond motifs is 3. The topological polar surface area (TPSA) is 37.4 Å². The smallest absolute Gasteiger partial charge is 0.259 e. The van der Waals surface area contributed by atoms with Gasteiger partial charge in [0.2, 0.25) is 0 Å². The fraction of sp³-hybridized carbons (Fsp3) is 0.333. The Bertz CT molecular complexity index is 618. The van der Waals surface area contributed by atoms with Gasteiger partial charge >= 0.3 is 0 Å². The van der Waals surface area contributed by atoms with Gasteiger partial charge in [-0.25, -0.2) is 0 Å². The third kappa shape index (κ3) is 1.53. The summed E-state index contributed by atoms with van der Waals surface area (Å²) in [5.41, 5.74) is 2.42. The van der Waals surface area contributed by atoms with E-state index in [0.717, 1.165) is 16.2 Å². The van der Waals surface area contributed by atoms with Gasteiger partial charge in [0.1, 0.15) is 6.04 Å². The summed E-state index contributed by atoms with van der Waals surface area (Å²) in [7, 11) is 0. The molecule has 0 bridgehead atoms. The number of rotatable bonds is 2. The number of hydrogen-bond donors (Lipinski definition) is 0. The molecule has 0 saturated heterocycles. The number of carbonyl (C=O) groups is 2. The van der Waals surface area contributed by atoms with Crippen LogP contribution in [0.5, 0.6) is 0 Å². The maximum atomic E-state index is 12.5. The molecule has 4 heteroatoms. The van der Waals surface area contributed by atoms with E-state index in [1.165, 1.54) is 11.8 Å². The van der Waals surface area contributed by atoms with Gasteiger partial charge in [-0.3, -0.25) is 14.5 Å². The van der Waals surface area contributed by atoms with Gasteiger partial charge in [0, 0.05) is 11.1 Å². The van der Waals surface area contributed by atoms with E-state index >= 15 is 0 Å². The summed E-state index contributed by atoms with van der Waals surface area (Å²) in [5.74, 6) is 0.160. The number of amides is 1. The van der Waals surface area contributed by atoms with E-state index < -0.39 is 0 Å². The summed E-state index contributed by atoms with van der Waals surface area (Å²) in [4.78, 5) is 27.4. The number of thioether (sulfide) groups is 1. The largest absolute Gasteiger partial charge is 0.295 e. The molecule has 0 N–H and O–H groups in total. The van der Waals surface area contributed by atoms with E-state index in [2.05, 4.69) is 0 Å². The Morgan fingerprint density at radius 3 is 2.37 bits per heavy atom. The standard InChI is InChI=1S/C15H15NO2S/c1-8(2)11-13(17)14(19-3)12-9-6-4-5-7-10(9)15(18)16(11)12/h4-8,11H,1-3H3. The second kappa shape index (κ2) is 4.23. The molecule has 3 rings (SSSR count). The second-order valence-electron chi connectivity index (χ2n) is 5.16. The fourth-order valence-corrected chi connectivity index (χ4v) is 3.62. The summed E-state index contributed by atoms with van der Waals surface area (Å²) >= 11 is 1.44. The molecule has 1 aromatic carbocycles. The third-order valence-corrected chi connectivity index (χ3v) is 4.50. The lowest BCUT2D eigenvalue weighted by molar-refractivity contribution is -0.118. The molecule has 0 saturated carbocycles. The maximum Gasteiger partial charge on any atom is 0.259 e. The molecule has 0 fully saturated rings. The Labute approximate surface area is 116 Å². The first-order chi connectivity index (χ1) is 9.07. The van der Waals surface area contributed by atoms with Crippen molar-refractivity contribution in [3.8, 4) is 0 Å². The highest BCUT2D eigenvalue weighted by Crippen LogP contribution is 2.46. The number of carbonyl (C=O) groups excluding carboxylic acids is 2. The normalized spacial score (nSPS) is 21.5. The number of nitrogens with zero attached hydrogens (tertiary/aromatic N) is 1. The zero-order chi connectivity index (χ0) is 13.7. The molecule has 2 heterocycles. The minimum atomic E-state index is -0.350. The monoisotopic (exact) mass is 273 g/mol. The van der Waals surface area contributed by atoms with Gasteiger partial charge in [-0.2, -0.15) is 0 Å². The van der Waals surface area contributed by atoms with Crippen LogP contribution in [0.2, 0.25) is 0 Å². The quantitative estimate of drug-likeness (QED) is 0.831. The SMILES string of the molecule is CSC1=C2c3ccccc3C(=O)N2C(C(C)C)C1=O. The second-order valence-corrected chi connectivity index (χ2v) is 5.97. The van der Waals surface area contributed by atoms with Crippen molar-refractivity contribution in [1.29, 1.82) is 0 Å². The highest BCUT2D eigenvalue weighted by atomic mass is 32.2. The molecule has 19 heavy (non-hydrogen) atoms. The Morgan fingerprint density at radius 1 is 1.16 bits per heavy atom. The molecule has 0 spiro atoms. The van der Waals surface area contributed by atoms with Crippen LogP contribution in [0.4, 0.5) is 0 Å². The van der Waals surface area contributed by atoms with Crippen molar-refractivity contribution in [2.45, 2.75) is 19.9 Å². The van der Waals surface area contributed by atoms with Gasteiger partial charge in [-0.1, -0.05) is 32.0 Å². The van der Waals surface area contributed by atoms with Crippen molar-refractivity contribution in [2.75, 3.05) is 6.26 Å². The molecule has 2 aliphatic rings. The van der Waals surface area contributed by atoms with Gasteiger partial charge in [-0.05, 0) is 18.2 Å². The first kappa shape index (κ1) is 12.5. The van der Waals surface area contributed by atoms with Crippen LogP contribution in [0, 0.1) is 5.92 Å². The fourth-order valence-electron chi connectivity index (χ4n) is 2.90. The summed E-state index contributed by atoms with van der Waals surface area (Å²) in [6.07, 6.45) is 1.90. The van der Waals surface area contributed by atoms with E-state index in [9.17, 15) is 9.59 Å². The highest BCUT2D eigenvalue weighted by molar-refractivity contribution is 8.03. The number of Topliss-reactive ketones (excluding diaryl/α,β-unsaturated/α-hetero) is 1. The zero-order valence-corrected chi connectivity index (χ0v) is 12.0. The lowest BCUT2D eigenvalue weighted by Gasteiger charge is -2.24. The average molecular weight is 273 g/mol. The van der Waals surface area contributed by atoms with Gasteiger partial charge in [0.05, 0.1) is 10.6 Å². The predicted octanol–water partition coefficient (Wildman–Crippen LogP) is 2.78. The van der Waals surface area contributed by atoms with Crippen LogP contribution < -0.4 is 0 Å². The molecule has 0 aromatic heterocycles. The van der Waals surface area contributed by atoms with E-state index in [1.54, 1.807) is 4.90 Å². The van der Waals surface area contributed by atoms with Crippen LogP contribution in [-0.4, -0.2) is 28.9 Å². The zero-order valence-electron chi connectivity index (χ0n) is 11.1. The van der Waals surface area contributed by atoms with Crippen molar-refractivity contribution < 1.29 is 9.59 Å². The van der Waals surface area contributed by atoms with E-state index in [1.807, 2.05) is 44.4 Å². The Morgan fingerprint density at radius 2 is 1.79 bits per heavy atom. The molecular weight excluding hydrogens is 258 g/mol. The molecule has 98 valence electrons.